The molecule has 252 valence electrons. The number of aryl methyl sites for hydroxylation is 1. The van der Waals surface area contributed by atoms with Crippen molar-refractivity contribution in [2.24, 2.45) is 26.8 Å². The highest BCUT2D eigenvalue weighted by Crippen LogP contribution is 2.46. The second kappa shape index (κ2) is 13.1. The summed E-state index contributed by atoms with van der Waals surface area (Å²) in [5.74, 6) is 1.17. The van der Waals surface area contributed by atoms with Gasteiger partial charge >= 0.3 is 5.97 Å². The average molecular weight is 673 g/mol. The molecule has 1 fully saturated rings. The van der Waals surface area contributed by atoms with E-state index < -0.39 is 0 Å². The molecule has 1 aromatic rings. The standard InChI is InChI=1S/C41H44N4O3S/c1-8-27-22(3)32-19-36-28(15-16-49-26-11-9-21(2)10-12-26)23(4)31(43-36)18-33-24(5)29(13-14-38(47)48-7)40(44-33)30-17-37(46)39-25(6)34(45-41(30)39)20-35(27)42-32/h9-12,18-20,24,29,44,46H,8,13-17H2,1-7H3/t24-,29-/m0/s1. The van der Waals surface area contributed by atoms with Gasteiger partial charge in [0.15, 0.2) is 0 Å². The Morgan fingerprint density at radius 1 is 0.959 bits per heavy atom. The van der Waals surface area contributed by atoms with Gasteiger partial charge in [-0.05, 0) is 105 Å². The Kier molecular flexibility index (Phi) is 8.86. The highest BCUT2D eigenvalue weighted by molar-refractivity contribution is 7.99. The maximum atomic E-state index is 12.3. The van der Waals surface area contributed by atoms with Crippen LogP contribution in [0.15, 0.2) is 136 Å². The van der Waals surface area contributed by atoms with Crippen LogP contribution in [0.4, 0.5) is 0 Å². The van der Waals surface area contributed by atoms with Crippen molar-refractivity contribution in [3.8, 4) is 0 Å². The van der Waals surface area contributed by atoms with E-state index >= 15 is 0 Å². The molecule has 7 nitrogen and oxygen atoms in total. The van der Waals surface area contributed by atoms with E-state index in [1.54, 1.807) is 0 Å². The van der Waals surface area contributed by atoms with Crippen molar-refractivity contribution in [3.05, 3.63) is 121 Å². The monoisotopic (exact) mass is 672 g/mol. The molecule has 0 spiro atoms. The van der Waals surface area contributed by atoms with Gasteiger partial charge in [0.25, 0.3) is 0 Å². The van der Waals surface area contributed by atoms with E-state index in [0.717, 1.165) is 86.5 Å². The quantitative estimate of drug-likeness (QED) is 0.212. The van der Waals surface area contributed by atoms with Gasteiger partial charge in [-0.1, -0.05) is 31.5 Å². The summed E-state index contributed by atoms with van der Waals surface area (Å²) < 4.78 is 5.03. The van der Waals surface area contributed by atoms with Gasteiger partial charge in [-0.25, -0.2) is 15.0 Å². The largest absolute Gasteiger partial charge is 0.511 e. The van der Waals surface area contributed by atoms with E-state index in [9.17, 15) is 9.90 Å². The fourth-order valence-electron chi connectivity index (χ4n) is 7.75. The molecule has 49 heavy (non-hydrogen) atoms. The lowest BCUT2D eigenvalue weighted by atomic mass is 9.86. The fraction of sp³-hybridized carbons (Fsp3) is 0.366. The Morgan fingerprint density at radius 3 is 2.37 bits per heavy atom. The summed E-state index contributed by atoms with van der Waals surface area (Å²) in [5.41, 5.74) is 16.3. The molecule has 5 heterocycles. The van der Waals surface area contributed by atoms with Gasteiger partial charge in [0.1, 0.15) is 5.76 Å². The molecule has 0 aromatic heterocycles. The number of ether oxygens (including phenoxy) is 1. The number of carbonyl (C=O) groups excluding carboxylic acids is 1. The number of esters is 1. The lowest BCUT2D eigenvalue weighted by Crippen LogP contribution is -2.16. The molecule has 5 aliphatic heterocycles. The third-order valence-corrected chi connectivity index (χ3v) is 11.7. The first-order valence-electron chi connectivity index (χ1n) is 17.3. The number of aliphatic imine (C=N–C) groups is 3. The first-order chi connectivity index (χ1) is 23.6. The maximum Gasteiger partial charge on any atom is 0.305 e. The summed E-state index contributed by atoms with van der Waals surface area (Å²) in [6, 6.07) is 8.72. The van der Waals surface area contributed by atoms with Crippen LogP contribution in [0.25, 0.3) is 0 Å². The Morgan fingerprint density at radius 2 is 1.65 bits per heavy atom. The van der Waals surface area contributed by atoms with Crippen LogP contribution in [0.1, 0.15) is 72.3 Å². The van der Waals surface area contributed by atoms with Crippen LogP contribution >= 0.6 is 11.8 Å². The lowest BCUT2D eigenvalue weighted by molar-refractivity contribution is -0.140. The molecule has 6 aliphatic rings. The fourth-order valence-corrected chi connectivity index (χ4v) is 8.62. The number of thioether (sulfide) groups is 1. The minimum Gasteiger partial charge on any atom is -0.511 e. The zero-order chi connectivity index (χ0) is 34.6. The second-order valence-electron chi connectivity index (χ2n) is 13.6. The number of hydrogen-bond acceptors (Lipinski definition) is 8. The van der Waals surface area contributed by atoms with E-state index in [1.165, 1.54) is 34.3 Å². The van der Waals surface area contributed by atoms with Gasteiger partial charge in [-0.3, -0.25) is 4.79 Å². The molecule has 0 unspecified atom stereocenters. The number of nitrogens with zero attached hydrogens (tertiary/aromatic N) is 3. The molecule has 0 saturated carbocycles. The average Bonchev–Trinajstić information content (AvgIpc) is 3.84. The van der Waals surface area contributed by atoms with Crippen molar-refractivity contribution in [2.75, 3.05) is 12.9 Å². The summed E-state index contributed by atoms with van der Waals surface area (Å²) in [4.78, 5) is 29.2. The van der Waals surface area contributed by atoms with Gasteiger partial charge in [0.05, 0.1) is 41.3 Å². The van der Waals surface area contributed by atoms with E-state index in [2.05, 4.69) is 82.4 Å². The first-order valence-corrected chi connectivity index (χ1v) is 18.3. The van der Waals surface area contributed by atoms with E-state index in [-0.39, 0.29) is 17.8 Å². The predicted octanol–water partition coefficient (Wildman–Crippen LogP) is 9.10. The van der Waals surface area contributed by atoms with Crippen molar-refractivity contribution < 1.29 is 14.6 Å². The van der Waals surface area contributed by atoms with Crippen molar-refractivity contribution in [2.45, 2.75) is 78.5 Å². The van der Waals surface area contributed by atoms with E-state index in [4.69, 9.17) is 19.7 Å². The van der Waals surface area contributed by atoms with Gasteiger partial charge in [-0.2, -0.15) is 0 Å². The van der Waals surface area contributed by atoms with Crippen molar-refractivity contribution in [1.29, 1.82) is 0 Å². The van der Waals surface area contributed by atoms with Gasteiger partial charge < -0.3 is 15.2 Å². The number of methoxy groups -OCH3 is 1. The van der Waals surface area contributed by atoms with Crippen molar-refractivity contribution in [1.82, 2.24) is 5.32 Å². The predicted molar refractivity (Wildman–Crippen MR) is 200 cm³/mol. The van der Waals surface area contributed by atoms with Crippen LogP contribution < -0.4 is 5.32 Å². The molecular formula is C41H44N4O3S. The van der Waals surface area contributed by atoms with Gasteiger partial charge in [0, 0.05) is 57.9 Å². The number of nitrogens with one attached hydrogen (secondary N) is 1. The lowest BCUT2D eigenvalue weighted by Gasteiger charge is -2.17. The number of fused-ring (bicyclic) bond motifs is 5. The molecule has 0 amide bonds. The Labute approximate surface area is 293 Å². The Bertz CT molecular complexity index is 2020. The van der Waals surface area contributed by atoms with Crippen LogP contribution in [-0.2, 0) is 9.53 Å². The minimum absolute atomic E-state index is 0.0270. The summed E-state index contributed by atoms with van der Waals surface area (Å²) in [6.45, 7) is 12.9. The molecule has 1 aromatic carbocycles. The summed E-state index contributed by atoms with van der Waals surface area (Å²) in [6.07, 6.45) is 9.50. The number of hydrogen-bond donors (Lipinski definition) is 2. The van der Waals surface area contributed by atoms with Crippen LogP contribution in [0.3, 0.4) is 0 Å². The van der Waals surface area contributed by atoms with E-state index in [1.807, 2.05) is 18.7 Å². The maximum absolute atomic E-state index is 12.3. The molecule has 2 atom stereocenters. The normalized spacial score (nSPS) is 22.8. The third-order valence-electron chi connectivity index (χ3n) is 10.7. The first kappa shape index (κ1) is 33.1. The number of carbonyl (C=O) groups is 1. The number of aliphatic hydroxyl groups excluding tert-OH is 1. The molecule has 7 rings (SSSR count). The van der Waals surface area contributed by atoms with Crippen LogP contribution in [-0.4, -0.2) is 41.1 Å². The minimum atomic E-state index is -0.224. The third kappa shape index (κ3) is 5.94. The van der Waals surface area contributed by atoms with Crippen LogP contribution in [0.5, 0.6) is 0 Å². The molecule has 1 aliphatic carbocycles. The van der Waals surface area contributed by atoms with Crippen molar-refractivity contribution >= 4 is 34.9 Å². The molecule has 8 bridgehead atoms. The molecule has 8 heteroatoms. The van der Waals surface area contributed by atoms with Gasteiger partial charge in [-0.15, -0.1) is 11.8 Å². The Balaban J connectivity index is 1.36. The highest BCUT2D eigenvalue weighted by Gasteiger charge is 2.41. The van der Waals surface area contributed by atoms with Crippen molar-refractivity contribution in [3.63, 3.8) is 0 Å². The topological polar surface area (TPSA) is 95.6 Å². The SMILES string of the molecule is CCC1=C(C)C2=NC1=CC1=C(C)C3=C(O)CC(=C4NC(=CC5=NC(=C2)C(CCSc2ccc(C)cc2)=C5C)[C@@H](C)[C@@H]4CCC(=O)OC)C3=N1. The zero-order valence-electron chi connectivity index (χ0n) is 29.5. The second-order valence-corrected chi connectivity index (χ2v) is 14.8. The van der Waals surface area contributed by atoms with Gasteiger partial charge in [0.2, 0.25) is 0 Å². The smallest absolute Gasteiger partial charge is 0.305 e. The van der Waals surface area contributed by atoms with Crippen LogP contribution in [0.2, 0.25) is 0 Å². The number of allylic oxidation sites excluding steroid dienone is 12. The molecule has 2 N–H and O–H groups in total. The Hall–Kier alpha value is -4.43. The summed E-state index contributed by atoms with van der Waals surface area (Å²) in [7, 11) is 1.44. The van der Waals surface area contributed by atoms with Crippen LogP contribution in [0, 0.1) is 18.8 Å². The molecule has 1 saturated heterocycles. The summed E-state index contributed by atoms with van der Waals surface area (Å²) in [5, 5.41) is 15.1. The highest BCUT2D eigenvalue weighted by atomic mass is 32.2. The number of benzene rings is 1. The molecule has 0 radical (unpaired) electrons. The van der Waals surface area contributed by atoms with E-state index in [0.29, 0.717) is 25.0 Å². The number of aliphatic hydroxyl groups is 1. The summed E-state index contributed by atoms with van der Waals surface area (Å²) >= 11 is 1.87. The molecular weight excluding hydrogens is 629 g/mol. The zero-order valence-corrected chi connectivity index (χ0v) is 30.3. The number of rotatable bonds is 8.